The number of guanidine groups is 1. The van der Waals surface area contributed by atoms with Crippen LogP contribution in [0.2, 0.25) is 0 Å². The van der Waals surface area contributed by atoms with E-state index in [-0.39, 0.29) is 0 Å². The van der Waals surface area contributed by atoms with E-state index >= 15 is 0 Å². The van der Waals surface area contributed by atoms with Gasteiger partial charge in [0, 0.05) is 13.6 Å². The zero-order chi connectivity index (χ0) is 13.5. The van der Waals surface area contributed by atoms with Gasteiger partial charge in [-0.1, -0.05) is 30.3 Å². The van der Waals surface area contributed by atoms with E-state index in [0.29, 0.717) is 12.6 Å². The van der Waals surface area contributed by atoms with Crippen molar-refractivity contribution in [1.82, 2.24) is 5.32 Å². The van der Waals surface area contributed by atoms with Gasteiger partial charge in [-0.25, -0.2) is 0 Å². The summed E-state index contributed by atoms with van der Waals surface area (Å²) < 4.78 is 5.71. The van der Waals surface area contributed by atoms with Crippen molar-refractivity contribution in [3.05, 3.63) is 42.5 Å². The fourth-order valence-electron chi connectivity index (χ4n) is 1.81. The minimum Gasteiger partial charge on any atom is -0.494 e. The highest BCUT2D eigenvalue weighted by Gasteiger charge is 1.97. The van der Waals surface area contributed by atoms with Crippen molar-refractivity contribution in [2.45, 2.75) is 6.42 Å². The first-order chi connectivity index (χ1) is 9.29. The SMILES string of the molecule is CN=C(N)NCCCOc1ccc2ccccc2c1. The molecule has 0 spiro atoms. The third kappa shape index (κ3) is 3.88. The molecule has 0 aliphatic rings. The van der Waals surface area contributed by atoms with Gasteiger partial charge < -0.3 is 15.8 Å². The Kier molecular flexibility index (Phi) is 4.61. The maximum absolute atomic E-state index is 5.71. The molecule has 2 rings (SSSR count). The molecule has 19 heavy (non-hydrogen) atoms. The van der Waals surface area contributed by atoms with E-state index < -0.39 is 0 Å². The van der Waals surface area contributed by atoms with Crippen LogP contribution in [-0.2, 0) is 0 Å². The van der Waals surface area contributed by atoms with E-state index in [1.54, 1.807) is 7.05 Å². The number of rotatable bonds is 5. The van der Waals surface area contributed by atoms with Crippen LogP contribution in [0.3, 0.4) is 0 Å². The fraction of sp³-hybridized carbons (Fsp3) is 0.267. The van der Waals surface area contributed by atoms with E-state index in [1.807, 2.05) is 18.2 Å². The Morgan fingerprint density at radius 2 is 2.00 bits per heavy atom. The lowest BCUT2D eigenvalue weighted by Gasteiger charge is -2.08. The topological polar surface area (TPSA) is 59.6 Å². The van der Waals surface area contributed by atoms with Gasteiger partial charge >= 0.3 is 0 Å². The number of nitrogens with zero attached hydrogens (tertiary/aromatic N) is 1. The second-order valence-electron chi connectivity index (χ2n) is 4.25. The molecule has 0 fully saturated rings. The summed E-state index contributed by atoms with van der Waals surface area (Å²) in [5.74, 6) is 1.36. The average Bonchev–Trinajstić information content (AvgIpc) is 2.46. The molecule has 3 N–H and O–H groups in total. The van der Waals surface area contributed by atoms with Crippen LogP contribution in [0, 0.1) is 0 Å². The summed E-state index contributed by atoms with van der Waals surface area (Å²) in [6, 6.07) is 14.4. The van der Waals surface area contributed by atoms with E-state index in [4.69, 9.17) is 10.5 Å². The van der Waals surface area contributed by atoms with Crippen LogP contribution < -0.4 is 15.8 Å². The third-order valence-electron chi connectivity index (χ3n) is 2.86. The van der Waals surface area contributed by atoms with Gasteiger partial charge in [-0.2, -0.15) is 0 Å². The zero-order valence-corrected chi connectivity index (χ0v) is 11.1. The number of fused-ring (bicyclic) bond motifs is 1. The largest absolute Gasteiger partial charge is 0.494 e. The van der Waals surface area contributed by atoms with Gasteiger partial charge in [-0.15, -0.1) is 0 Å². The quantitative estimate of drug-likeness (QED) is 0.490. The summed E-state index contributed by atoms with van der Waals surface area (Å²) in [5, 5.41) is 5.42. The van der Waals surface area contributed by atoms with Crippen molar-refractivity contribution in [2.24, 2.45) is 10.7 Å². The molecule has 0 aliphatic carbocycles. The molecule has 0 bridgehead atoms. The minimum absolute atomic E-state index is 0.464. The molecule has 4 nitrogen and oxygen atoms in total. The predicted molar refractivity (Wildman–Crippen MR) is 79.6 cm³/mol. The number of hydrogen-bond donors (Lipinski definition) is 2. The monoisotopic (exact) mass is 257 g/mol. The maximum Gasteiger partial charge on any atom is 0.188 e. The van der Waals surface area contributed by atoms with Crippen LogP contribution in [0.4, 0.5) is 0 Å². The smallest absolute Gasteiger partial charge is 0.188 e. The summed E-state index contributed by atoms with van der Waals surface area (Å²) in [5.41, 5.74) is 5.53. The average molecular weight is 257 g/mol. The highest BCUT2D eigenvalue weighted by molar-refractivity contribution is 5.83. The standard InChI is InChI=1S/C15H19N3O/c1-17-15(16)18-9-4-10-19-14-8-7-12-5-2-3-6-13(12)11-14/h2-3,5-8,11H,4,9-10H2,1H3,(H3,16,17,18). The normalized spacial score (nSPS) is 11.5. The summed E-state index contributed by atoms with van der Waals surface area (Å²) in [4.78, 5) is 3.82. The first-order valence-corrected chi connectivity index (χ1v) is 6.37. The molecule has 0 saturated carbocycles. The van der Waals surface area contributed by atoms with Gasteiger partial charge in [-0.3, -0.25) is 4.99 Å². The van der Waals surface area contributed by atoms with Crippen molar-refractivity contribution in [2.75, 3.05) is 20.2 Å². The molecule has 0 amide bonds. The van der Waals surface area contributed by atoms with Gasteiger partial charge in [0.25, 0.3) is 0 Å². The molecule has 0 unspecified atom stereocenters. The number of nitrogens with one attached hydrogen (secondary N) is 1. The van der Waals surface area contributed by atoms with Gasteiger partial charge in [0.1, 0.15) is 5.75 Å². The van der Waals surface area contributed by atoms with Crippen LogP contribution >= 0.6 is 0 Å². The first-order valence-electron chi connectivity index (χ1n) is 6.37. The Morgan fingerprint density at radius 1 is 1.21 bits per heavy atom. The highest BCUT2D eigenvalue weighted by atomic mass is 16.5. The molecule has 2 aromatic carbocycles. The van der Waals surface area contributed by atoms with Gasteiger partial charge in [0.2, 0.25) is 0 Å². The number of ether oxygens (including phenoxy) is 1. The molecule has 4 heteroatoms. The Bertz CT molecular complexity index is 566. The molecular formula is C15H19N3O. The fourth-order valence-corrected chi connectivity index (χ4v) is 1.81. The van der Waals surface area contributed by atoms with Crippen LogP contribution in [0.15, 0.2) is 47.5 Å². The van der Waals surface area contributed by atoms with E-state index in [2.05, 4.69) is 34.6 Å². The molecule has 0 atom stereocenters. The second-order valence-corrected chi connectivity index (χ2v) is 4.25. The van der Waals surface area contributed by atoms with Crippen molar-refractivity contribution in [3.63, 3.8) is 0 Å². The summed E-state index contributed by atoms with van der Waals surface area (Å²) in [6.45, 7) is 1.42. The number of hydrogen-bond acceptors (Lipinski definition) is 2. The van der Waals surface area contributed by atoms with E-state index in [1.165, 1.54) is 10.8 Å². The molecule has 0 heterocycles. The van der Waals surface area contributed by atoms with Crippen LogP contribution in [0.1, 0.15) is 6.42 Å². The number of nitrogens with two attached hydrogens (primary N) is 1. The molecule has 0 aliphatic heterocycles. The molecule has 2 aromatic rings. The van der Waals surface area contributed by atoms with Crippen LogP contribution in [0.5, 0.6) is 5.75 Å². The Hall–Kier alpha value is -2.23. The van der Waals surface area contributed by atoms with Crippen molar-refractivity contribution < 1.29 is 4.74 Å². The summed E-state index contributed by atoms with van der Waals surface area (Å²) in [7, 11) is 1.66. The lowest BCUT2D eigenvalue weighted by atomic mass is 10.1. The van der Waals surface area contributed by atoms with E-state index in [0.717, 1.165) is 18.7 Å². The zero-order valence-electron chi connectivity index (χ0n) is 11.1. The highest BCUT2D eigenvalue weighted by Crippen LogP contribution is 2.20. The lowest BCUT2D eigenvalue weighted by Crippen LogP contribution is -2.32. The van der Waals surface area contributed by atoms with E-state index in [9.17, 15) is 0 Å². The molecular weight excluding hydrogens is 238 g/mol. The number of benzene rings is 2. The molecule has 0 aromatic heterocycles. The van der Waals surface area contributed by atoms with Crippen molar-refractivity contribution >= 4 is 16.7 Å². The van der Waals surface area contributed by atoms with Crippen LogP contribution in [0.25, 0.3) is 10.8 Å². The van der Waals surface area contributed by atoms with Gasteiger partial charge in [-0.05, 0) is 29.3 Å². The number of aliphatic imine (C=N–C) groups is 1. The Labute approximate surface area is 113 Å². The molecule has 100 valence electrons. The summed E-state index contributed by atoms with van der Waals surface area (Å²) in [6.07, 6.45) is 0.878. The minimum atomic E-state index is 0.464. The first kappa shape index (κ1) is 13.2. The van der Waals surface area contributed by atoms with Crippen molar-refractivity contribution in [1.29, 1.82) is 0 Å². The Morgan fingerprint density at radius 3 is 2.79 bits per heavy atom. The summed E-state index contributed by atoms with van der Waals surface area (Å²) >= 11 is 0. The maximum atomic E-state index is 5.71. The van der Waals surface area contributed by atoms with Gasteiger partial charge in [0.15, 0.2) is 5.96 Å². The second kappa shape index (κ2) is 6.64. The third-order valence-corrected chi connectivity index (χ3v) is 2.86. The molecule has 0 saturated heterocycles. The lowest BCUT2D eigenvalue weighted by molar-refractivity contribution is 0.311. The van der Waals surface area contributed by atoms with Crippen LogP contribution in [-0.4, -0.2) is 26.2 Å². The molecule has 0 radical (unpaired) electrons. The predicted octanol–water partition coefficient (Wildman–Crippen LogP) is 2.14. The van der Waals surface area contributed by atoms with Crippen molar-refractivity contribution in [3.8, 4) is 5.75 Å². The van der Waals surface area contributed by atoms with Gasteiger partial charge in [0.05, 0.1) is 6.61 Å². The Balaban J connectivity index is 1.81.